The molecule has 3 heteroatoms. The summed E-state index contributed by atoms with van der Waals surface area (Å²) in [6.07, 6.45) is 9.60. The van der Waals surface area contributed by atoms with E-state index in [0.29, 0.717) is 12.1 Å². The van der Waals surface area contributed by atoms with Gasteiger partial charge in [0.15, 0.2) is 0 Å². The third-order valence-electron chi connectivity index (χ3n) is 4.70. The Morgan fingerprint density at radius 1 is 1.26 bits per heavy atom. The van der Waals surface area contributed by atoms with E-state index in [-0.39, 0.29) is 0 Å². The van der Waals surface area contributed by atoms with E-state index in [1.807, 2.05) is 0 Å². The average molecular weight is 268 g/mol. The fraction of sp³-hybridized carbons (Fsp3) is 1.00. The van der Waals surface area contributed by atoms with Gasteiger partial charge in [0, 0.05) is 24.7 Å². The molecule has 1 saturated carbocycles. The second-order valence-electron chi connectivity index (χ2n) is 6.54. The third-order valence-corrected chi connectivity index (χ3v) is 4.70. The standard InChI is InChI=1S/C16H32N2O/c1-3-4-14-5-7-15(8-6-14)18-13(2)11-16-12-19-10-9-17-16/h13-18H,3-12H2,1-2H3. The van der Waals surface area contributed by atoms with Crippen LogP contribution in [0, 0.1) is 5.92 Å². The molecule has 1 heterocycles. The van der Waals surface area contributed by atoms with Crippen molar-refractivity contribution in [2.75, 3.05) is 19.8 Å². The lowest BCUT2D eigenvalue weighted by molar-refractivity contribution is 0.0703. The van der Waals surface area contributed by atoms with Crippen molar-refractivity contribution < 1.29 is 4.74 Å². The highest BCUT2D eigenvalue weighted by Crippen LogP contribution is 2.28. The van der Waals surface area contributed by atoms with E-state index in [1.54, 1.807) is 0 Å². The van der Waals surface area contributed by atoms with Crippen LogP contribution in [0.4, 0.5) is 0 Å². The fourth-order valence-electron chi connectivity index (χ4n) is 3.69. The number of nitrogens with one attached hydrogen (secondary N) is 2. The van der Waals surface area contributed by atoms with Gasteiger partial charge in [0.25, 0.3) is 0 Å². The van der Waals surface area contributed by atoms with Gasteiger partial charge in [-0.3, -0.25) is 0 Å². The van der Waals surface area contributed by atoms with Gasteiger partial charge >= 0.3 is 0 Å². The van der Waals surface area contributed by atoms with Crippen LogP contribution >= 0.6 is 0 Å². The molecule has 0 bridgehead atoms. The van der Waals surface area contributed by atoms with Gasteiger partial charge in [-0.2, -0.15) is 0 Å². The maximum atomic E-state index is 5.52. The SMILES string of the molecule is CCCC1CCC(NC(C)CC2COCCN2)CC1. The number of morpholine rings is 1. The molecule has 2 unspecified atom stereocenters. The van der Waals surface area contributed by atoms with Crippen LogP contribution in [0.5, 0.6) is 0 Å². The summed E-state index contributed by atoms with van der Waals surface area (Å²) in [6.45, 7) is 7.41. The second-order valence-corrected chi connectivity index (χ2v) is 6.54. The summed E-state index contributed by atoms with van der Waals surface area (Å²) in [5.41, 5.74) is 0. The summed E-state index contributed by atoms with van der Waals surface area (Å²) in [6, 6.07) is 1.91. The predicted molar refractivity (Wildman–Crippen MR) is 80.5 cm³/mol. The lowest BCUT2D eigenvalue weighted by Crippen LogP contribution is -2.47. The molecule has 0 spiro atoms. The molecule has 0 aromatic rings. The highest BCUT2D eigenvalue weighted by molar-refractivity contribution is 4.82. The molecule has 2 N–H and O–H groups in total. The Bertz CT molecular complexity index is 233. The maximum Gasteiger partial charge on any atom is 0.0620 e. The molecule has 2 atom stereocenters. The van der Waals surface area contributed by atoms with Gasteiger partial charge in [0.1, 0.15) is 0 Å². The van der Waals surface area contributed by atoms with Crippen molar-refractivity contribution in [1.29, 1.82) is 0 Å². The Morgan fingerprint density at radius 3 is 2.68 bits per heavy atom. The molecule has 2 rings (SSSR count). The van der Waals surface area contributed by atoms with E-state index >= 15 is 0 Å². The first-order valence-corrected chi connectivity index (χ1v) is 8.35. The summed E-state index contributed by atoms with van der Waals surface area (Å²) in [7, 11) is 0. The third kappa shape index (κ3) is 5.41. The van der Waals surface area contributed by atoms with E-state index in [1.165, 1.54) is 44.9 Å². The zero-order valence-electron chi connectivity index (χ0n) is 12.8. The van der Waals surface area contributed by atoms with E-state index in [2.05, 4.69) is 24.5 Å². The Morgan fingerprint density at radius 2 is 2.05 bits per heavy atom. The van der Waals surface area contributed by atoms with Crippen LogP contribution in [-0.2, 0) is 4.74 Å². The van der Waals surface area contributed by atoms with Crippen molar-refractivity contribution in [2.45, 2.75) is 76.9 Å². The Kier molecular flexibility index (Phi) is 6.62. The quantitative estimate of drug-likeness (QED) is 0.777. The van der Waals surface area contributed by atoms with Gasteiger partial charge in [-0.25, -0.2) is 0 Å². The first kappa shape index (κ1) is 15.3. The van der Waals surface area contributed by atoms with Crippen LogP contribution in [0.3, 0.4) is 0 Å². The number of hydrogen-bond donors (Lipinski definition) is 2. The average Bonchev–Trinajstić information content (AvgIpc) is 2.42. The van der Waals surface area contributed by atoms with E-state index in [0.717, 1.165) is 31.7 Å². The van der Waals surface area contributed by atoms with Crippen molar-refractivity contribution in [3.63, 3.8) is 0 Å². The zero-order valence-corrected chi connectivity index (χ0v) is 12.8. The second kappa shape index (κ2) is 8.23. The zero-order chi connectivity index (χ0) is 13.5. The summed E-state index contributed by atoms with van der Waals surface area (Å²) >= 11 is 0. The molecular weight excluding hydrogens is 236 g/mol. The summed E-state index contributed by atoms with van der Waals surface area (Å²) < 4.78 is 5.52. The molecule has 19 heavy (non-hydrogen) atoms. The number of ether oxygens (including phenoxy) is 1. The molecule has 112 valence electrons. The van der Waals surface area contributed by atoms with Gasteiger partial charge in [-0.15, -0.1) is 0 Å². The van der Waals surface area contributed by atoms with Crippen LogP contribution < -0.4 is 10.6 Å². The molecule has 0 aromatic carbocycles. The largest absolute Gasteiger partial charge is 0.379 e. The minimum absolute atomic E-state index is 0.549. The van der Waals surface area contributed by atoms with Crippen LogP contribution in [0.15, 0.2) is 0 Å². The van der Waals surface area contributed by atoms with Gasteiger partial charge in [0.05, 0.1) is 13.2 Å². The Hall–Kier alpha value is -0.120. The number of rotatable bonds is 6. The molecule has 0 amide bonds. The molecule has 1 aliphatic heterocycles. The van der Waals surface area contributed by atoms with Crippen molar-refractivity contribution in [1.82, 2.24) is 10.6 Å². The minimum atomic E-state index is 0.549. The smallest absolute Gasteiger partial charge is 0.0620 e. The van der Waals surface area contributed by atoms with Crippen LogP contribution in [0.1, 0.15) is 58.8 Å². The van der Waals surface area contributed by atoms with Gasteiger partial charge < -0.3 is 15.4 Å². The molecule has 3 nitrogen and oxygen atoms in total. The normalized spacial score (nSPS) is 34.1. The minimum Gasteiger partial charge on any atom is -0.379 e. The molecular formula is C16H32N2O. The van der Waals surface area contributed by atoms with Crippen molar-refractivity contribution in [3.05, 3.63) is 0 Å². The topological polar surface area (TPSA) is 33.3 Å². The number of hydrogen-bond acceptors (Lipinski definition) is 3. The predicted octanol–water partition coefficient (Wildman–Crippen LogP) is 2.70. The van der Waals surface area contributed by atoms with Crippen molar-refractivity contribution in [2.24, 2.45) is 5.92 Å². The summed E-state index contributed by atoms with van der Waals surface area (Å²) in [4.78, 5) is 0. The van der Waals surface area contributed by atoms with Crippen LogP contribution in [0.25, 0.3) is 0 Å². The van der Waals surface area contributed by atoms with Gasteiger partial charge in [-0.1, -0.05) is 19.8 Å². The Balaban J connectivity index is 1.61. The van der Waals surface area contributed by atoms with Crippen molar-refractivity contribution in [3.8, 4) is 0 Å². The lowest BCUT2D eigenvalue weighted by Gasteiger charge is -2.33. The lowest BCUT2D eigenvalue weighted by atomic mass is 9.83. The van der Waals surface area contributed by atoms with Crippen LogP contribution in [0.2, 0.25) is 0 Å². The van der Waals surface area contributed by atoms with E-state index in [4.69, 9.17) is 4.74 Å². The van der Waals surface area contributed by atoms with Crippen LogP contribution in [-0.4, -0.2) is 37.9 Å². The van der Waals surface area contributed by atoms with Crippen molar-refractivity contribution >= 4 is 0 Å². The Labute approximate surface area is 118 Å². The highest BCUT2D eigenvalue weighted by Gasteiger charge is 2.23. The first-order valence-electron chi connectivity index (χ1n) is 8.35. The molecule has 2 fully saturated rings. The van der Waals surface area contributed by atoms with Gasteiger partial charge in [0.2, 0.25) is 0 Å². The first-order chi connectivity index (χ1) is 9.28. The van der Waals surface area contributed by atoms with Gasteiger partial charge in [-0.05, 0) is 44.9 Å². The molecule has 0 aromatic heterocycles. The highest BCUT2D eigenvalue weighted by atomic mass is 16.5. The summed E-state index contributed by atoms with van der Waals surface area (Å²) in [5.74, 6) is 1.01. The van der Waals surface area contributed by atoms with E-state index < -0.39 is 0 Å². The summed E-state index contributed by atoms with van der Waals surface area (Å²) in [5, 5.41) is 7.38. The monoisotopic (exact) mass is 268 g/mol. The molecule has 2 aliphatic rings. The molecule has 1 saturated heterocycles. The molecule has 0 radical (unpaired) electrons. The molecule has 1 aliphatic carbocycles. The fourth-order valence-corrected chi connectivity index (χ4v) is 3.69. The maximum absolute atomic E-state index is 5.52. The van der Waals surface area contributed by atoms with E-state index in [9.17, 15) is 0 Å².